The second-order valence-electron chi connectivity index (χ2n) is 5.48. The fraction of sp³-hybridized carbons (Fsp3) is 0.0526. The van der Waals surface area contributed by atoms with Crippen LogP contribution in [-0.2, 0) is 0 Å². The summed E-state index contributed by atoms with van der Waals surface area (Å²) in [6.07, 6.45) is 0. The van der Waals surface area contributed by atoms with Crippen LogP contribution in [0.1, 0.15) is 5.76 Å². The van der Waals surface area contributed by atoms with Crippen LogP contribution in [0.25, 0.3) is 21.9 Å². The van der Waals surface area contributed by atoms with Crippen molar-refractivity contribution in [1.82, 2.24) is 0 Å². The minimum Gasteiger partial charge on any atom is -0.456 e. The van der Waals surface area contributed by atoms with Gasteiger partial charge >= 0.3 is 5.63 Å². The Bertz CT molecular complexity index is 1220. The molecule has 0 N–H and O–H groups in total. The van der Waals surface area contributed by atoms with Crippen molar-refractivity contribution in [2.45, 2.75) is 6.92 Å². The average Bonchev–Trinajstić information content (AvgIpc) is 2.59. The zero-order valence-corrected chi connectivity index (χ0v) is 13.8. The summed E-state index contributed by atoms with van der Waals surface area (Å²) in [6, 6.07) is 12.7. The summed E-state index contributed by atoms with van der Waals surface area (Å²) in [5.41, 5.74) is -0.0588. The third kappa shape index (κ3) is 2.68. The number of rotatable bonds is 2. The average molecular weight is 355 g/mol. The molecule has 0 saturated carbocycles. The Labute approximate surface area is 146 Å². The molecule has 4 rings (SSSR count). The molecule has 0 spiro atoms. The van der Waals surface area contributed by atoms with Crippen molar-refractivity contribution < 1.29 is 13.6 Å². The zero-order valence-electron chi connectivity index (χ0n) is 13.0. The van der Waals surface area contributed by atoms with Crippen molar-refractivity contribution in [3.8, 4) is 11.5 Å². The molecule has 0 aliphatic rings. The van der Waals surface area contributed by atoms with Crippen LogP contribution in [0.4, 0.5) is 0 Å². The van der Waals surface area contributed by atoms with E-state index in [0.29, 0.717) is 38.5 Å². The largest absolute Gasteiger partial charge is 0.456 e. The second kappa shape index (κ2) is 5.79. The standard InChI is InChI=1S/C19H11ClO5/c1-10-18(24-12-4-2-11(20)3-5-12)17(22)14-6-8-15-13(19(14)23-10)7-9-16(21)25-15/h2-9H,1H3. The van der Waals surface area contributed by atoms with Gasteiger partial charge in [0.25, 0.3) is 0 Å². The Morgan fingerprint density at radius 3 is 2.36 bits per heavy atom. The van der Waals surface area contributed by atoms with Crippen molar-refractivity contribution in [2.75, 3.05) is 0 Å². The lowest BCUT2D eigenvalue weighted by molar-refractivity contribution is 0.437. The van der Waals surface area contributed by atoms with E-state index in [1.165, 1.54) is 6.07 Å². The molecule has 0 saturated heterocycles. The van der Waals surface area contributed by atoms with Gasteiger partial charge in [-0.1, -0.05) is 11.6 Å². The second-order valence-corrected chi connectivity index (χ2v) is 5.92. The maximum absolute atomic E-state index is 12.8. The van der Waals surface area contributed by atoms with E-state index in [1.54, 1.807) is 49.4 Å². The molecule has 5 nitrogen and oxygen atoms in total. The summed E-state index contributed by atoms with van der Waals surface area (Å²) >= 11 is 5.85. The zero-order chi connectivity index (χ0) is 17.6. The van der Waals surface area contributed by atoms with Gasteiger partial charge in [-0.2, -0.15) is 0 Å². The van der Waals surface area contributed by atoms with Gasteiger partial charge in [0.2, 0.25) is 11.2 Å². The van der Waals surface area contributed by atoms with E-state index in [2.05, 4.69) is 0 Å². The predicted octanol–water partition coefficient (Wildman–Crippen LogP) is 4.65. The molecule has 2 aromatic carbocycles. The third-order valence-electron chi connectivity index (χ3n) is 3.81. The summed E-state index contributed by atoms with van der Waals surface area (Å²) in [7, 11) is 0. The molecule has 0 fully saturated rings. The van der Waals surface area contributed by atoms with Crippen molar-refractivity contribution >= 4 is 33.5 Å². The molecule has 0 radical (unpaired) electrons. The van der Waals surface area contributed by atoms with Crippen LogP contribution in [0.15, 0.2) is 67.0 Å². The fourth-order valence-corrected chi connectivity index (χ4v) is 2.76. The van der Waals surface area contributed by atoms with Gasteiger partial charge in [0.1, 0.15) is 22.7 Å². The molecular formula is C19H11ClO5. The van der Waals surface area contributed by atoms with Crippen molar-refractivity contribution in [3.05, 3.63) is 80.0 Å². The van der Waals surface area contributed by atoms with E-state index in [0.717, 1.165) is 0 Å². The highest BCUT2D eigenvalue weighted by Crippen LogP contribution is 2.29. The summed E-state index contributed by atoms with van der Waals surface area (Å²) in [4.78, 5) is 24.2. The maximum Gasteiger partial charge on any atom is 0.336 e. The Morgan fingerprint density at radius 2 is 1.60 bits per heavy atom. The van der Waals surface area contributed by atoms with Gasteiger partial charge < -0.3 is 13.6 Å². The molecule has 0 unspecified atom stereocenters. The molecule has 0 aliphatic heterocycles. The van der Waals surface area contributed by atoms with Crippen molar-refractivity contribution in [3.63, 3.8) is 0 Å². The number of benzene rings is 2. The normalized spacial score (nSPS) is 11.1. The Balaban J connectivity index is 1.93. The van der Waals surface area contributed by atoms with Crippen LogP contribution in [-0.4, -0.2) is 0 Å². The first-order valence-corrected chi connectivity index (χ1v) is 7.84. The summed E-state index contributed by atoms with van der Waals surface area (Å²) in [5.74, 6) is 0.906. The van der Waals surface area contributed by atoms with Crippen LogP contribution in [0, 0.1) is 6.92 Å². The Kier molecular flexibility index (Phi) is 3.58. The molecule has 124 valence electrons. The first kappa shape index (κ1) is 15.5. The molecule has 0 aliphatic carbocycles. The Hall–Kier alpha value is -3.05. The van der Waals surface area contributed by atoms with Crippen LogP contribution >= 0.6 is 11.6 Å². The van der Waals surface area contributed by atoms with E-state index in [1.807, 2.05) is 0 Å². The van der Waals surface area contributed by atoms with E-state index in [-0.39, 0.29) is 11.2 Å². The van der Waals surface area contributed by atoms with Gasteiger partial charge in [-0.25, -0.2) is 4.79 Å². The third-order valence-corrected chi connectivity index (χ3v) is 4.06. The lowest BCUT2D eigenvalue weighted by Gasteiger charge is -2.09. The number of aryl methyl sites for hydroxylation is 1. The van der Waals surface area contributed by atoms with Gasteiger partial charge in [0.05, 0.1) is 10.8 Å². The van der Waals surface area contributed by atoms with E-state index in [9.17, 15) is 9.59 Å². The molecular weight excluding hydrogens is 344 g/mol. The topological polar surface area (TPSA) is 69.7 Å². The van der Waals surface area contributed by atoms with Crippen LogP contribution in [0.2, 0.25) is 5.02 Å². The number of fused-ring (bicyclic) bond motifs is 3. The first-order chi connectivity index (χ1) is 12.0. The van der Waals surface area contributed by atoms with Gasteiger partial charge in [-0.15, -0.1) is 0 Å². The highest BCUT2D eigenvalue weighted by Gasteiger charge is 2.16. The smallest absolute Gasteiger partial charge is 0.336 e. The quantitative estimate of drug-likeness (QED) is 0.387. The summed E-state index contributed by atoms with van der Waals surface area (Å²) in [6.45, 7) is 1.64. The molecule has 0 bridgehead atoms. The van der Waals surface area contributed by atoms with Gasteiger partial charge in [0.15, 0.2) is 0 Å². The molecule has 25 heavy (non-hydrogen) atoms. The minimum atomic E-state index is -0.464. The highest BCUT2D eigenvalue weighted by atomic mass is 35.5. The number of hydrogen-bond donors (Lipinski definition) is 0. The number of ether oxygens (including phenoxy) is 1. The molecule has 2 heterocycles. The van der Waals surface area contributed by atoms with Crippen molar-refractivity contribution in [2.24, 2.45) is 0 Å². The van der Waals surface area contributed by atoms with Gasteiger partial charge in [-0.05, 0) is 49.4 Å². The first-order valence-electron chi connectivity index (χ1n) is 7.46. The van der Waals surface area contributed by atoms with Crippen molar-refractivity contribution in [1.29, 1.82) is 0 Å². The number of hydrogen-bond acceptors (Lipinski definition) is 5. The van der Waals surface area contributed by atoms with E-state index >= 15 is 0 Å². The highest BCUT2D eigenvalue weighted by molar-refractivity contribution is 6.30. The van der Waals surface area contributed by atoms with Gasteiger partial charge in [0, 0.05) is 11.1 Å². The van der Waals surface area contributed by atoms with E-state index < -0.39 is 5.63 Å². The molecule has 0 atom stereocenters. The van der Waals surface area contributed by atoms with E-state index in [4.69, 9.17) is 25.2 Å². The number of halogens is 1. The molecule has 0 amide bonds. The van der Waals surface area contributed by atoms with Crippen LogP contribution in [0.3, 0.4) is 0 Å². The SMILES string of the molecule is Cc1oc2c(ccc3oc(=O)ccc32)c(=O)c1Oc1ccc(Cl)cc1. The fourth-order valence-electron chi connectivity index (χ4n) is 2.63. The Morgan fingerprint density at radius 1 is 0.880 bits per heavy atom. The van der Waals surface area contributed by atoms with Gasteiger partial charge in [-0.3, -0.25) is 4.79 Å². The van der Waals surface area contributed by atoms with Crippen LogP contribution < -0.4 is 15.8 Å². The monoisotopic (exact) mass is 354 g/mol. The molecule has 4 aromatic rings. The maximum atomic E-state index is 12.8. The molecule has 6 heteroatoms. The summed E-state index contributed by atoms with van der Waals surface area (Å²) in [5, 5.41) is 1.47. The lowest BCUT2D eigenvalue weighted by Crippen LogP contribution is -2.07. The minimum absolute atomic E-state index is 0.103. The summed E-state index contributed by atoms with van der Waals surface area (Å²) < 4.78 is 16.6. The lowest BCUT2D eigenvalue weighted by atomic mass is 10.1. The predicted molar refractivity (Wildman–Crippen MR) is 94.8 cm³/mol. The van der Waals surface area contributed by atoms with Crippen LogP contribution in [0.5, 0.6) is 11.5 Å². The molecule has 2 aromatic heterocycles.